The van der Waals surface area contributed by atoms with Crippen molar-refractivity contribution in [2.75, 3.05) is 0 Å². The highest BCUT2D eigenvalue weighted by atomic mass is 16.6. The summed E-state index contributed by atoms with van der Waals surface area (Å²) in [6, 6.07) is 0.794. The molecule has 1 N–H and O–H groups in total. The number of aromatic nitrogens is 2. The minimum atomic E-state index is -1.32. The van der Waals surface area contributed by atoms with Gasteiger partial charge in [-0.15, -0.1) is 0 Å². The van der Waals surface area contributed by atoms with Gasteiger partial charge >= 0.3 is 11.8 Å². The number of carbonyl (C=O) groups is 1. The van der Waals surface area contributed by atoms with Crippen LogP contribution in [-0.4, -0.2) is 26.0 Å². The summed E-state index contributed by atoms with van der Waals surface area (Å²) in [6.07, 6.45) is 0.835. The van der Waals surface area contributed by atoms with Gasteiger partial charge in [0.1, 0.15) is 0 Å². The standard InChI is InChI=1S/C5H3N3O4/c9-5(10)3-1-4(8(11)12)7-2-6-3/h1-2H,(H,9,10). The van der Waals surface area contributed by atoms with Gasteiger partial charge in [-0.05, 0) is 9.91 Å². The number of rotatable bonds is 2. The highest BCUT2D eigenvalue weighted by molar-refractivity contribution is 5.85. The van der Waals surface area contributed by atoms with Gasteiger partial charge in [0, 0.05) is 0 Å². The fourth-order valence-electron chi connectivity index (χ4n) is 0.564. The Morgan fingerprint density at radius 1 is 1.58 bits per heavy atom. The Morgan fingerprint density at radius 3 is 2.75 bits per heavy atom. The van der Waals surface area contributed by atoms with Gasteiger partial charge in [0.2, 0.25) is 6.33 Å². The van der Waals surface area contributed by atoms with Crippen LogP contribution in [-0.2, 0) is 0 Å². The average Bonchev–Trinajstić information content (AvgIpc) is 2.04. The summed E-state index contributed by atoms with van der Waals surface area (Å²) >= 11 is 0. The Hall–Kier alpha value is -2.05. The first-order valence-corrected chi connectivity index (χ1v) is 2.81. The molecule has 0 aromatic carbocycles. The van der Waals surface area contributed by atoms with Crippen LogP contribution in [0.4, 0.5) is 5.82 Å². The Labute approximate surface area is 65.8 Å². The van der Waals surface area contributed by atoms with Crippen LogP contribution in [0.5, 0.6) is 0 Å². The number of hydrogen-bond acceptors (Lipinski definition) is 5. The summed E-state index contributed by atoms with van der Waals surface area (Å²) in [4.78, 5) is 26.1. The molecule has 62 valence electrons. The molecule has 0 amide bonds. The van der Waals surface area contributed by atoms with E-state index in [4.69, 9.17) is 5.11 Å². The first-order chi connectivity index (χ1) is 5.61. The van der Waals surface area contributed by atoms with Crippen LogP contribution in [0, 0.1) is 10.1 Å². The molecule has 0 bridgehead atoms. The van der Waals surface area contributed by atoms with Crippen LogP contribution in [0.3, 0.4) is 0 Å². The van der Waals surface area contributed by atoms with Gasteiger partial charge in [-0.3, -0.25) is 0 Å². The molecule has 1 rings (SSSR count). The molecule has 0 spiro atoms. The van der Waals surface area contributed by atoms with Crippen LogP contribution < -0.4 is 0 Å². The Morgan fingerprint density at radius 2 is 2.25 bits per heavy atom. The maximum absolute atomic E-state index is 10.3. The van der Waals surface area contributed by atoms with Crippen LogP contribution in [0.15, 0.2) is 12.4 Å². The Bertz CT molecular complexity index is 308. The van der Waals surface area contributed by atoms with Crippen molar-refractivity contribution >= 4 is 11.8 Å². The van der Waals surface area contributed by atoms with E-state index in [1.807, 2.05) is 0 Å². The molecule has 0 aliphatic rings. The summed E-state index contributed by atoms with van der Waals surface area (Å²) in [6.45, 7) is 0. The zero-order chi connectivity index (χ0) is 9.14. The fraction of sp³-hybridized carbons (Fsp3) is 0. The van der Waals surface area contributed by atoms with E-state index >= 15 is 0 Å². The first kappa shape index (κ1) is 8.05. The van der Waals surface area contributed by atoms with E-state index in [9.17, 15) is 14.9 Å². The van der Waals surface area contributed by atoms with Crippen LogP contribution >= 0.6 is 0 Å². The molecule has 0 radical (unpaired) electrons. The van der Waals surface area contributed by atoms with E-state index in [0.717, 1.165) is 12.4 Å². The third-order valence-electron chi connectivity index (χ3n) is 1.06. The molecule has 1 aromatic rings. The fourth-order valence-corrected chi connectivity index (χ4v) is 0.564. The van der Waals surface area contributed by atoms with Crippen LogP contribution in [0.2, 0.25) is 0 Å². The summed E-state index contributed by atoms with van der Waals surface area (Å²) in [5.41, 5.74) is -0.392. The van der Waals surface area contributed by atoms with Crippen molar-refractivity contribution in [2.24, 2.45) is 0 Å². The van der Waals surface area contributed by atoms with Gasteiger partial charge in [-0.25, -0.2) is 9.78 Å². The largest absolute Gasteiger partial charge is 0.477 e. The molecule has 7 heteroatoms. The number of hydrogen-bond donors (Lipinski definition) is 1. The van der Waals surface area contributed by atoms with Gasteiger partial charge in [0.05, 0.1) is 6.07 Å². The van der Waals surface area contributed by atoms with Crippen molar-refractivity contribution in [3.63, 3.8) is 0 Å². The first-order valence-electron chi connectivity index (χ1n) is 2.81. The number of aromatic carboxylic acids is 1. The van der Waals surface area contributed by atoms with E-state index in [1.165, 1.54) is 0 Å². The van der Waals surface area contributed by atoms with Crippen molar-refractivity contribution in [2.45, 2.75) is 0 Å². The van der Waals surface area contributed by atoms with E-state index in [-0.39, 0.29) is 0 Å². The molecule has 0 fully saturated rings. The summed E-state index contributed by atoms with van der Waals surface area (Å²) in [5, 5.41) is 18.5. The molecule has 1 heterocycles. The molecule has 0 saturated carbocycles. The minimum absolute atomic E-state index is 0.392. The third-order valence-corrected chi connectivity index (χ3v) is 1.06. The molecule has 7 nitrogen and oxygen atoms in total. The van der Waals surface area contributed by atoms with Crippen LogP contribution in [0.25, 0.3) is 0 Å². The molecule has 0 aliphatic carbocycles. The minimum Gasteiger partial charge on any atom is -0.477 e. The van der Waals surface area contributed by atoms with Gasteiger partial charge in [-0.2, -0.15) is 0 Å². The number of carboxylic acids is 1. The Kier molecular flexibility index (Phi) is 1.95. The smallest absolute Gasteiger partial charge is 0.367 e. The van der Waals surface area contributed by atoms with Crippen molar-refractivity contribution in [3.05, 3.63) is 28.2 Å². The van der Waals surface area contributed by atoms with Gasteiger partial charge < -0.3 is 15.2 Å². The molecular weight excluding hydrogens is 166 g/mol. The molecule has 0 saturated heterocycles. The van der Waals surface area contributed by atoms with Crippen molar-refractivity contribution in [1.29, 1.82) is 0 Å². The molecule has 0 atom stereocenters. The number of nitrogens with zero attached hydrogens (tertiary/aromatic N) is 3. The second-order valence-corrected chi connectivity index (χ2v) is 1.82. The van der Waals surface area contributed by atoms with E-state index in [2.05, 4.69) is 9.97 Å². The highest BCUT2D eigenvalue weighted by Gasteiger charge is 2.12. The molecule has 1 aromatic heterocycles. The third kappa shape index (κ3) is 1.51. The van der Waals surface area contributed by atoms with Crippen molar-refractivity contribution < 1.29 is 14.8 Å². The molecular formula is C5H3N3O4. The lowest BCUT2D eigenvalue weighted by Gasteiger charge is -1.91. The topological polar surface area (TPSA) is 106 Å². The summed E-state index contributed by atoms with van der Waals surface area (Å²) in [7, 11) is 0. The second kappa shape index (κ2) is 2.91. The molecule has 12 heavy (non-hydrogen) atoms. The monoisotopic (exact) mass is 169 g/mol. The number of carboxylic acid groups (broad SMARTS) is 1. The quantitative estimate of drug-likeness (QED) is 0.496. The van der Waals surface area contributed by atoms with Gasteiger partial charge in [-0.1, -0.05) is 0 Å². The molecule has 0 unspecified atom stereocenters. The second-order valence-electron chi connectivity index (χ2n) is 1.82. The zero-order valence-corrected chi connectivity index (χ0v) is 5.67. The Balaban J connectivity index is 3.12. The maximum atomic E-state index is 10.3. The van der Waals surface area contributed by atoms with E-state index in [1.54, 1.807) is 0 Å². The lowest BCUT2D eigenvalue weighted by Crippen LogP contribution is -2.02. The maximum Gasteiger partial charge on any atom is 0.367 e. The average molecular weight is 169 g/mol. The van der Waals surface area contributed by atoms with Gasteiger partial charge in [0.15, 0.2) is 5.69 Å². The molecule has 0 aliphatic heterocycles. The summed E-state index contributed by atoms with van der Waals surface area (Å²) < 4.78 is 0. The van der Waals surface area contributed by atoms with Gasteiger partial charge in [0.25, 0.3) is 0 Å². The van der Waals surface area contributed by atoms with E-state index in [0.29, 0.717) is 0 Å². The normalized spacial score (nSPS) is 9.33. The SMILES string of the molecule is O=C(O)c1cc([N+](=O)[O-])ncn1. The van der Waals surface area contributed by atoms with Crippen LogP contribution in [0.1, 0.15) is 10.5 Å². The lowest BCUT2D eigenvalue weighted by atomic mass is 10.4. The predicted octanol–water partition coefficient (Wildman–Crippen LogP) is 0.0830. The zero-order valence-electron chi connectivity index (χ0n) is 5.67. The lowest BCUT2D eigenvalue weighted by molar-refractivity contribution is -0.389. The summed E-state index contributed by atoms with van der Waals surface area (Å²) in [5.74, 6) is -1.84. The predicted molar refractivity (Wildman–Crippen MR) is 35.6 cm³/mol. The van der Waals surface area contributed by atoms with Crippen molar-refractivity contribution in [3.8, 4) is 0 Å². The number of nitro groups is 1. The van der Waals surface area contributed by atoms with Crippen molar-refractivity contribution in [1.82, 2.24) is 9.97 Å². The van der Waals surface area contributed by atoms with E-state index < -0.39 is 22.4 Å². The highest BCUT2D eigenvalue weighted by Crippen LogP contribution is 2.05.